The molecule has 5 rings (SSSR count). The molecule has 0 fully saturated rings. The fourth-order valence-corrected chi connectivity index (χ4v) is 5.74. The van der Waals surface area contributed by atoms with E-state index in [1.165, 1.54) is 51.3 Å². The van der Waals surface area contributed by atoms with Crippen LogP contribution in [-0.4, -0.2) is 0 Å². The summed E-state index contributed by atoms with van der Waals surface area (Å²) >= 11 is 5.56. The molecular weight excluding hydrogens is 400 g/mol. The Morgan fingerprint density at radius 1 is 0.769 bits per heavy atom. The number of hydrogen-bond donors (Lipinski definition) is 0. The second-order valence-corrected chi connectivity index (χ2v) is 9.16. The second-order valence-electron chi connectivity index (χ2n) is 6.97. The Bertz CT molecular complexity index is 1100. The molecule has 1 atom stereocenters. The number of aryl methyl sites for hydroxylation is 1. The zero-order valence-electron chi connectivity index (χ0n) is 14.4. The van der Waals surface area contributed by atoms with E-state index in [9.17, 15) is 0 Å². The molecule has 4 aromatic carbocycles. The van der Waals surface area contributed by atoms with Gasteiger partial charge in [0.2, 0.25) is 0 Å². The molecule has 0 saturated carbocycles. The van der Waals surface area contributed by atoms with Crippen LogP contribution in [0.3, 0.4) is 0 Å². The molecule has 0 amide bonds. The molecule has 0 aromatic heterocycles. The molecule has 0 heterocycles. The van der Waals surface area contributed by atoms with E-state index in [1.807, 2.05) is 11.8 Å². The lowest BCUT2D eigenvalue weighted by Crippen LogP contribution is -2.08. The molecule has 0 spiro atoms. The van der Waals surface area contributed by atoms with Crippen LogP contribution in [0.1, 0.15) is 29.2 Å². The first-order valence-electron chi connectivity index (χ1n) is 9.15. The lowest BCUT2D eigenvalue weighted by atomic mass is 9.86. The first kappa shape index (κ1) is 16.4. The summed E-state index contributed by atoms with van der Waals surface area (Å²) in [6.45, 7) is 0. The van der Waals surface area contributed by atoms with Crippen molar-refractivity contribution in [2.45, 2.75) is 29.4 Å². The van der Waals surface area contributed by atoms with Crippen LogP contribution < -0.4 is 0 Å². The normalized spacial score (nSPS) is 16.7. The highest BCUT2D eigenvalue weighted by Gasteiger charge is 2.24. The van der Waals surface area contributed by atoms with Crippen LogP contribution in [0.4, 0.5) is 0 Å². The molecule has 0 bridgehead atoms. The lowest BCUT2D eigenvalue weighted by Gasteiger charge is -2.27. The van der Waals surface area contributed by atoms with E-state index >= 15 is 0 Å². The van der Waals surface area contributed by atoms with Gasteiger partial charge in [-0.25, -0.2) is 0 Å². The monoisotopic (exact) mass is 418 g/mol. The molecule has 4 aromatic rings. The number of rotatable bonds is 2. The Hall–Kier alpha value is -1.77. The Kier molecular flexibility index (Phi) is 4.26. The molecule has 0 saturated heterocycles. The van der Waals surface area contributed by atoms with Crippen LogP contribution in [-0.2, 0) is 6.42 Å². The van der Waals surface area contributed by atoms with E-state index in [0.29, 0.717) is 5.25 Å². The Morgan fingerprint density at radius 3 is 2.46 bits per heavy atom. The third-order valence-corrected chi connectivity index (χ3v) is 7.21. The second kappa shape index (κ2) is 6.75. The SMILES string of the molecule is Brc1ccc(SC2CCCc3ccc4c(ccc5ccccc54)c32)cc1. The van der Waals surface area contributed by atoms with Gasteiger partial charge >= 0.3 is 0 Å². The van der Waals surface area contributed by atoms with Crippen molar-refractivity contribution in [2.75, 3.05) is 0 Å². The van der Waals surface area contributed by atoms with Crippen LogP contribution in [0.15, 0.2) is 82.2 Å². The Morgan fingerprint density at radius 2 is 1.58 bits per heavy atom. The van der Waals surface area contributed by atoms with Crippen molar-refractivity contribution in [3.05, 3.63) is 88.4 Å². The van der Waals surface area contributed by atoms with Gasteiger partial charge in [-0.15, -0.1) is 11.8 Å². The van der Waals surface area contributed by atoms with E-state index < -0.39 is 0 Å². The molecular formula is C24H19BrS. The standard InChI is InChI=1S/C24H19BrS/c25-18-10-12-19(13-11-18)26-23-7-3-5-17-9-14-21-20-6-2-1-4-16(20)8-15-22(21)24(17)23/h1-2,4,6,8-15,23H,3,5,7H2. The van der Waals surface area contributed by atoms with Crippen molar-refractivity contribution >= 4 is 49.2 Å². The van der Waals surface area contributed by atoms with Crippen LogP contribution >= 0.6 is 27.7 Å². The fraction of sp³-hybridized carbons (Fsp3) is 0.167. The van der Waals surface area contributed by atoms with Gasteiger partial charge in [-0.3, -0.25) is 0 Å². The topological polar surface area (TPSA) is 0 Å². The minimum absolute atomic E-state index is 0.532. The Labute approximate surface area is 166 Å². The summed E-state index contributed by atoms with van der Waals surface area (Å²) in [6.07, 6.45) is 3.73. The maximum absolute atomic E-state index is 3.54. The molecule has 0 aliphatic heterocycles. The summed E-state index contributed by atoms with van der Waals surface area (Å²) in [5, 5.41) is 6.06. The first-order valence-corrected chi connectivity index (χ1v) is 10.8. The van der Waals surface area contributed by atoms with E-state index in [2.05, 4.69) is 88.7 Å². The summed E-state index contributed by atoms with van der Waals surface area (Å²) in [5.41, 5.74) is 3.10. The first-order chi connectivity index (χ1) is 12.8. The lowest BCUT2D eigenvalue weighted by molar-refractivity contribution is 0.678. The average molecular weight is 419 g/mol. The van der Waals surface area contributed by atoms with Gasteiger partial charge in [-0.1, -0.05) is 64.5 Å². The van der Waals surface area contributed by atoms with Gasteiger partial charge in [0.1, 0.15) is 0 Å². The molecule has 1 unspecified atom stereocenters. The van der Waals surface area contributed by atoms with Crippen LogP contribution in [0, 0.1) is 0 Å². The van der Waals surface area contributed by atoms with Crippen LogP contribution in [0.25, 0.3) is 21.5 Å². The van der Waals surface area contributed by atoms with Crippen molar-refractivity contribution < 1.29 is 0 Å². The predicted molar refractivity (Wildman–Crippen MR) is 117 cm³/mol. The average Bonchev–Trinajstić information content (AvgIpc) is 2.69. The Balaban J connectivity index is 1.67. The maximum Gasteiger partial charge on any atom is 0.0353 e. The molecule has 2 heteroatoms. The van der Waals surface area contributed by atoms with Gasteiger partial charge < -0.3 is 0 Å². The van der Waals surface area contributed by atoms with Crippen molar-refractivity contribution in [3.63, 3.8) is 0 Å². The van der Waals surface area contributed by atoms with E-state index in [-0.39, 0.29) is 0 Å². The molecule has 1 aliphatic carbocycles. The summed E-state index contributed by atoms with van der Waals surface area (Å²) in [4.78, 5) is 1.35. The van der Waals surface area contributed by atoms with E-state index in [1.54, 1.807) is 5.56 Å². The molecule has 128 valence electrons. The highest BCUT2D eigenvalue weighted by molar-refractivity contribution is 9.10. The third kappa shape index (κ3) is 2.86. The highest BCUT2D eigenvalue weighted by Crippen LogP contribution is 2.47. The zero-order chi connectivity index (χ0) is 17.5. The van der Waals surface area contributed by atoms with Crippen molar-refractivity contribution in [3.8, 4) is 0 Å². The van der Waals surface area contributed by atoms with Gasteiger partial charge in [0.05, 0.1) is 0 Å². The maximum atomic E-state index is 3.54. The van der Waals surface area contributed by atoms with Crippen molar-refractivity contribution in [1.29, 1.82) is 0 Å². The molecule has 0 N–H and O–H groups in total. The van der Waals surface area contributed by atoms with Crippen LogP contribution in [0.2, 0.25) is 0 Å². The smallest absolute Gasteiger partial charge is 0.0353 e. The summed E-state index contributed by atoms with van der Waals surface area (Å²) in [7, 11) is 0. The largest absolute Gasteiger partial charge is 0.118 e. The van der Waals surface area contributed by atoms with Crippen LogP contribution in [0.5, 0.6) is 0 Å². The van der Waals surface area contributed by atoms with Gasteiger partial charge in [0.15, 0.2) is 0 Å². The van der Waals surface area contributed by atoms with Gasteiger partial charge in [-0.2, -0.15) is 0 Å². The molecule has 26 heavy (non-hydrogen) atoms. The fourth-order valence-electron chi connectivity index (χ4n) is 4.17. The van der Waals surface area contributed by atoms with Crippen molar-refractivity contribution in [1.82, 2.24) is 0 Å². The zero-order valence-corrected chi connectivity index (χ0v) is 16.8. The van der Waals surface area contributed by atoms with Gasteiger partial charge in [0, 0.05) is 14.6 Å². The van der Waals surface area contributed by atoms with E-state index in [0.717, 1.165) is 4.47 Å². The summed E-state index contributed by atoms with van der Waals surface area (Å²) in [6, 6.07) is 26.8. The highest BCUT2D eigenvalue weighted by atomic mass is 79.9. The number of fused-ring (bicyclic) bond motifs is 5. The molecule has 0 nitrogen and oxygen atoms in total. The number of benzene rings is 4. The molecule has 0 radical (unpaired) electrons. The van der Waals surface area contributed by atoms with Gasteiger partial charge in [0.25, 0.3) is 0 Å². The summed E-state index contributed by atoms with van der Waals surface area (Å²) < 4.78 is 1.14. The van der Waals surface area contributed by atoms with Gasteiger partial charge in [-0.05, 0) is 76.2 Å². The van der Waals surface area contributed by atoms with Crippen molar-refractivity contribution in [2.24, 2.45) is 0 Å². The third-order valence-electron chi connectivity index (χ3n) is 5.38. The summed E-state index contributed by atoms with van der Waals surface area (Å²) in [5.74, 6) is 0. The number of thioether (sulfide) groups is 1. The van der Waals surface area contributed by atoms with E-state index in [4.69, 9.17) is 0 Å². The minimum Gasteiger partial charge on any atom is -0.118 e. The number of halogens is 1. The minimum atomic E-state index is 0.532. The molecule has 1 aliphatic rings. The predicted octanol–water partition coefficient (Wildman–Crippen LogP) is 7.93. The quantitative estimate of drug-likeness (QED) is 0.297. The number of hydrogen-bond acceptors (Lipinski definition) is 1.